The smallest absolute Gasteiger partial charge is 0.128 e. The van der Waals surface area contributed by atoms with Crippen molar-refractivity contribution in [3.05, 3.63) is 4.91 Å². The molecule has 0 aromatic rings. The summed E-state index contributed by atoms with van der Waals surface area (Å²) in [4.78, 5) is 10.1. The minimum absolute atomic E-state index is 0.0111. The average molecular weight is 175 g/mol. The molecular formula is C8H14FNO2. The molecule has 70 valence electrons. The maximum absolute atomic E-state index is 13.0. The third kappa shape index (κ3) is 2.24. The predicted octanol–water partition coefficient (Wildman–Crippen LogP) is 2.05. The second-order valence-electron chi connectivity index (χ2n) is 3.08. The second-order valence-corrected chi connectivity index (χ2v) is 3.08. The van der Waals surface area contributed by atoms with Crippen molar-refractivity contribution in [1.82, 2.24) is 0 Å². The van der Waals surface area contributed by atoms with Crippen molar-refractivity contribution in [3.8, 4) is 0 Å². The van der Waals surface area contributed by atoms with Crippen LogP contribution in [0.2, 0.25) is 0 Å². The summed E-state index contributed by atoms with van der Waals surface area (Å²) < 4.78 is 18.3. The second kappa shape index (κ2) is 4.50. The molecule has 0 aromatic carbocycles. The van der Waals surface area contributed by atoms with Crippen molar-refractivity contribution in [2.75, 3.05) is 6.61 Å². The normalized spacial score (nSPS) is 36.3. The maximum atomic E-state index is 13.0. The molecule has 1 fully saturated rings. The number of nitroso groups, excluding NO2 is 1. The van der Waals surface area contributed by atoms with Gasteiger partial charge in [0.2, 0.25) is 0 Å². The van der Waals surface area contributed by atoms with Crippen molar-refractivity contribution >= 4 is 0 Å². The van der Waals surface area contributed by atoms with Crippen LogP contribution in [0.25, 0.3) is 0 Å². The molecule has 3 atom stereocenters. The van der Waals surface area contributed by atoms with Crippen LogP contribution in [-0.2, 0) is 4.74 Å². The summed E-state index contributed by atoms with van der Waals surface area (Å²) in [7, 11) is 0. The highest BCUT2D eigenvalue weighted by atomic mass is 19.1. The van der Waals surface area contributed by atoms with E-state index in [0.717, 1.165) is 6.42 Å². The lowest BCUT2D eigenvalue weighted by Crippen LogP contribution is -2.33. The summed E-state index contributed by atoms with van der Waals surface area (Å²) >= 11 is 0. The number of ether oxygens (including phenoxy) is 1. The van der Waals surface area contributed by atoms with Gasteiger partial charge in [0.25, 0.3) is 0 Å². The topological polar surface area (TPSA) is 38.7 Å². The first-order valence-corrected chi connectivity index (χ1v) is 4.36. The standard InChI is InChI=1S/C8H14FNO2/c1-2-12-6-3-4-8(10-11)7(9)5-6/h6-8H,2-5H2,1H3/t6-,7-,8+/m1/s1. The van der Waals surface area contributed by atoms with Crippen LogP contribution in [-0.4, -0.2) is 24.9 Å². The molecule has 3 nitrogen and oxygen atoms in total. The molecule has 0 bridgehead atoms. The average Bonchev–Trinajstić information content (AvgIpc) is 2.05. The minimum atomic E-state index is -1.10. The van der Waals surface area contributed by atoms with Crippen molar-refractivity contribution in [2.45, 2.75) is 44.5 Å². The van der Waals surface area contributed by atoms with Gasteiger partial charge in [0.15, 0.2) is 0 Å². The fraction of sp³-hybridized carbons (Fsp3) is 1.00. The first-order chi connectivity index (χ1) is 5.77. The lowest BCUT2D eigenvalue weighted by atomic mass is 9.92. The van der Waals surface area contributed by atoms with E-state index < -0.39 is 12.2 Å². The van der Waals surface area contributed by atoms with Gasteiger partial charge in [0, 0.05) is 13.0 Å². The molecule has 0 unspecified atom stereocenters. The van der Waals surface area contributed by atoms with Crippen LogP contribution in [0.15, 0.2) is 5.18 Å². The minimum Gasteiger partial charge on any atom is -0.378 e. The van der Waals surface area contributed by atoms with Gasteiger partial charge in [0.1, 0.15) is 12.2 Å². The Kier molecular flexibility index (Phi) is 3.59. The molecule has 0 aromatic heterocycles. The molecule has 0 radical (unpaired) electrons. The highest BCUT2D eigenvalue weighted by Gasteiger charge is 2.31. The Morgan fingerprint density at radius 3 is 2.83 bits per heavy atom. The number of nitrogens with zero attached hydrogens (tertiary/aromatic N) is 1. The van der Waals surface area contributed by atoms with Crippen LogP contribution in [0.5, 0.6) is 0 Å². The molecule has 1 aliphatic rings. The van der Waals surface area contributed by atoms with E-state index in [1.807, 2.05) is 6.92 Å². The molecule has 4 heteroatoms. The van der Waals surface area contributed by atoms with Crippen LogP contribution in [0.3, 0.4) is 0 Å². The van der Waals surface area contributed by atoms with E-state index in [2.05, 4.69) is 5.18 Å². The van der Waals surface area contributed by atoms with E-state index >= 15 is 0 Å². The number of alkyl halides is 1. The Labute approximate surface area is 71.3 Å². The molecular weight excluding hydrogens is 161 g/mol. The molecule has 0 N–H and O–H groups in total. The van der Waals surface area contributed by atoms with Gasteiger partial charge in [0.05, 0.1) is 6.10 Å². The number of hydrogen-bond donors (Lipinski definition) is 0. The van der Waals surface area contributed by atoms with Crippen molar-refractivity contribution in [3.63, 3.8) is 0 Å². The summed E-state index contributed by atoms with van der Waals surface area (Å²) in [5.74, 6) is 0. The van der Waals surface area contributed by atoms with E-state index in [-0.39, 0.29) is 6.10 Å². The number of halogens is 1. The molecule has 0 saturated heterocycles. The SMILES string of the molecule is CCO[C@@H]1CC[C@H](N=O)[C@H](F)C1. The summed E-state index contributed by atoms with van der Waals surface area (Å²) in [5, 5.41) is 2.74. The molecule has 1 aliphatic carbocycles. The zero-order valence-electron chi connectivity index (χ0n) is 7.20. The first kappa shape index (κ1) is 9.58. The van der Waals surface area contributed by atoms with Gasteiger partial charge in [-0.3, -0.25) is 0 Å². The molecule has 1 saturated carbocycles. The van der Waals surface area contributed by atoms with Crippen LogP contribution < -0.4 is 0 Å². The third-order valence-electron chi connectivity index (χ3n) is 2.23. The Morgan fingerprint density at radius 2 is 2.33 bits per heavy atom. The highest BCUT2D eigenvalue weighted by molar-refractivity contribution is 4.84. The molecule has 12 heavy (non-hydrogen) atoms. The van der Waals surface area contributed by atoms with Crippen LogP contribution >= 0.6 is 0 Å². The first-order valence-electron chi connectivity index (χ1n) is 4.36. The zero-order chi connectivity index (χ0) is 8.97. The van der Waals surface area contributed by atoms with E-state index in [4.69, 9.17) is 4.74 Å². The van der Waals surface area contributed by atoms with Gasteiger partial charge in [-0.05, 0) is 19.8 Å². The van der Waals surface area contributed by atoms with E-state index in [9.17, 15) is 9.30 Å². The zero-order valence-corrected chi connectivity index (χ0v) is 7.20. The Balaban J connectivity index is 2.35. The van der Waals surface area contributed by atoms with Gasteiger partial charge in [-0.2, -0.15) is 4.91 Å². The van der Waals surface area contributed by atoms with Crippen LogP contribution in [0.1, 0.15) is 26.2 Å². The Morgan fingerprint density at radius 1 is 1.58 bits per heavy atom. The van der Waals surface area contributed by atoms with Crippen LogP contribution in [0, 0.1) is 4.91 Å². The third-order valence-corrected chi connectivity index (χ3v) is 2.23. The van der Waals surface area contributed by atoms with Crippen LogP contribution in [0.4, 0.5) is 4.39 Å². The monoisotopic (exact) mass is 175 g/mol. The molecule has 0 heterocycles. The highest BCUT2D eigenvalue weighted by Crippen LogP contribution is 2.25. The lowest BCUT2D eigenvalue weighted by Gasteiger charge is -2.27. The maximum Gasteiger partial charge on any atom is 0.128 e. The molecule has 0 spiro atoms. The summed E-state index contributed by atoms with van der Waals surface area (Å²) in [6, 6.07) is -0.637. The van der Waals surface area contributed by atoms with Gasteiger partial charge in [-0.25, -0.2) is 4.39 Å². The Hall–Kier alpha value is -0.510. The summed E-state index contributed by atoms with van der Waals surface area (Å²) in [6.07, 6.45) is 0.486. The largest absolute Gasteiger partial charge is 0.378 e. The van der Waals surface area contributed by atoms with Gasteiger partial charge in [-0.15, -0.1) is 0 Å². The molecule has 1 rings (SSSR count). The van der Waals surface area contributed by atoms with Crippen molar-refractivity contribution < 1.29 is 9.13 Å². The van der Waals surface area contributed by atoms with Gasteiger partial charge in [-0.1, -0.05) is 5.18 Å². The lowest BCUT2D eigenvalue weighted by molar-refractivity contribution is 0.00699. The Bertz CT molecular complexity index is 154. The molecule has 0 amide bonds. The quantitative estimate of drug-likeness (QED) is 0.616. The summed E-state index contributed by atoms with van der Waals surface area (Å²) in [5.41, 5.74) is 0. The van der Waals surface area contributed by atoms with Crippen molar-refractivity contribution in [1.29, 1.82) is 0 Å². The van der Waals surface area contributed by atoms with Crippen molar-refractivity contribution in [2.24, 2.45) is 5.18 Å². The molecule has 0 aliphatic heterocycles. The number of rotatable bonds is 3. The van der Waals surface area contributed by atoms with E-state index in [1.54, 1.807) is 0 Å². The predicted molar refractivity (Wildman–Crippen MR) is 43.7 cm³/mol. The summed E-state index contributed by atoms with van der Waals surface area (Å²) in [6.45, 7) is 2.49. The van der Waals surface area contributed by atoms with Gasteiger partial charge < -0.3 is 4.74 Å². The number of hydrogen-bond acceptors (Lipinski definition) is 3. The fourth-order valence-corrected chi connectivity index (χ4v) is 1.57. The fourth-order valence-electron chi connectivity index (χ4n) is 1.57. The van der Waals surface area contributed by atoms with E-state index in [0.29, 0.717) is 19.4 Å². The van der Waals surface area contributed by atoms with E-state index in [1.165, 1.54) is 0 Å². The van der Waals surface area contributed by atoms with Gasteiger partial charge >= 0.3 is 0 Å².